The fraction of sp³-hybridized carbons (Fsp3) is 0.286. The molecular weight excluding hydrogens is 168 g/mol. The van der Waals surface area contributed by atoms with E-state index >= 15 is 0 Å². The third-order valence-corrected chi connectivity index (χ3v) is 0.884. The molecule has 1 N–H and O–H groups in total. The van der Waals surface area contributed by atoms with E-state index in [1.165, 1.54) is 6.20 Å². The third kappa shape index (κ3) is 4.43. The minimum absolute atomic E-state index is 0.431. The first-order valence-electron chi connectivity index (χ1n) is 3.26. The summed E-state index contributed by atoms with van der Waals surface area (Å²) >= 11 is 0. The average molecular weight is 177 g/mol. The van der Waals surface area contributed by atoms with Crippen LogP contribution < -0.4 is 0 Å². The maximum atomic E-state index is 11.7. The van der Waals surface area contributed by atoms with E-state index in [1.807, 2.05) is 4.98 Å². The molecule has 0 saturated carbocycles. The van der Waals surface area contributed by atoms with Gasteiger partial charge in [0, 0.05) is 6.20 Å². The fourth-order valence-corrected chi connectivity index (χ4v) is 0.398. The predicted molar refractivity (Wildman–Crippen MR) is 38.4 cm³/mol. The molecule has 1 aromatic rings. The monoisotopic (exact) mass is 177 g/mol. The molecule has 0 fully saturated rings. The summed E-state index contributed by atoms with van der Waals surface area (Å²) in [5.74, 6) is -1.74. The van der Waals surface area contributed by atoms with Gasteiger partial charge in [-0.2, -0.15) is 4.39 Å². The Kier molecular flexibility index (Phi) is 5.60. The Morgan fingerprint density at radius 3 is 2.42 bits per heavy atom. The molecule has 0 aliphatic carbocycles. The fourth-order valence-electron chi connectivity index (χ4n) is 0.398. The summed E-state index contributed by atoms with van der Waals surface area (Å²) in [4.78, 5) is 11.2. The van der Waals surface area contributed by atoms with Gasteiger partial charge >= 0.3 is 0 Å². The van der Waals surface area contributed by atoms with Gasteiger partial charge in [0.25, 0.3) is 6.47 Å². The van der Waals surface area contributed by atoms with Crippen molar-refractivity contribution in [1.82, 2.24) is 4.98 Å². The highest BCUT2D eigenvalue weighted by Gasteiger charge is 1.96. The highest BCUT2D eigenvalue weighted by atomic mass is 19.2. The standard InChI is InChI=1S/C4H3F2N.C3H6O2/c5-3-1-2-7-4(3)6;1-2-5-3-4/h1-2,7H;3H,2H2,1H3. The first-order valence-corrected chi connectivity index (χ1v) is 3.26. The van der Waals surface area contributed by atoms with Crippen LogP contribution in [0.1, 0.15) is 6.92 Å². The Hall–Kier alpha value is -1.39. The Morgan fingerprint density at radius 2 is 2.33 bits per heavy atom. The Labute approximate surface area is 68.3 Å². The number of carbonyl (C=O) groups is 1. The lowest BCUT2D eigenvalue weighted by Crippen LogP contribution is -1.80. The molecule has 0 spiro atoms. The van der Waals surface area contributed by atoms with Crippen LogP contribution >= 0.6 is 0 Å². The number of ether oxygens (including phenoxy) is 1. The molecule has 12 heavy (non-hydrogen) atoms. The van der Waals surface area contributed by atoms with Crippen LogP contribution in [-0.2, 0) is 9.53 Å². The third-order valence-electron chi connectivity index (χ3n) is 0.884. The molecule has 0 aliphatic heterocycles. The second-order valence-corrected chi connectivity index (χ2v) is 1.69. The maximum absolute atomic E-state index is 11.7. The number of hydrogen-bond acceptors (Lipinski definition) is 2. The van der Waals surface area contributed by atoms with Crippen LogP contribution in [0.15, 0.2) is 12.3 Å². The quantitative estimate of drug-likeness (QED) is 0.695. The topological polar surface area (TPSA) is 42.1 Å². The van der Waals surface area contributed by atoms with Gasteiger partial charge in [0.15, 0.2) is 5.82 Å². The molecule has 5 heteroatoms. The molecule has 3 nitrogen and oxygen atoms in total. The summed E-state index contributed by atoms with van der Waals surface area (Å²) in [5.41, 5.74) is 0. The van der Waals surface area contributed by atoms with Gasteiger partial charge in [0.2, 0.25) is 5.95 Å². The van der Waals surface area contributed by atoms with Crippen molar-refractivity contribution in [3.63, 3.8) is 0 Å². The van der Waals surface area contributed by atoms with E-state index < -0.39 is 11.8 Å². The number of nitrogens with one attached hydrogen (secondary N) is 1. The molecule has 0 amide bonds. The molecule has 0 bridgehead atoms. The van der Waals surface area contributed by atoms with Gasteiger partial charge in [-0.3, -0.25) is 4.79 Å². The minimum Gasteiger partial charge on any atom is -0.468 e. The number of H-pyrrole nitrogens is 1. The van der Waals surface area contributed by atoms with Crippen LogP contribution in [0.3, 0.4) is 0 Å². The van der Waals surface area contributed by atoms with Crippen molar-refractivity contribution < 1.29 is 18.3 Å². The lowest BCUT2D eigenvalue weighted by Gasteiger charge is -1.79. The van der Waals surface area contributed by atoms with E-state index in [0.717, 1.165) is 6.07 Å². The first kappa shape index (κ1) is 10.6. The van der Waals surface area contributed by atoms with E-state index in [0.29, 0.717) is 13.1 Å². The molecular formula is C7H9F2NO2. The van der Waals surface area contributed by atoms with E-state index in [-0.39, 0.29) is 0 Å². The molecule has 68 valence electrons. The Balaban J connectivity index is 0.000000217. The minimum atomic E-state index is -0.903. The summed E-state index contributed by atoms with van der Waals surface area (Å²) in [6, 6.07) is 1.02. The normalized spacial score (nSPS) is 8.25. The first-order chi connectivity index (χ1) is 5.72. The van der Waals surface area contributed by atoms with Crippen molar-refractivity contribution in [2.24, 2.45) is 0 Å². The van der Waals surface area contributed by atoms with Gasteiger partial charge in [0.1, 0.15) is 0 Å². The molecule has 0 atom stereocenters. The van der Waals surface area contributed by atoms with Gasteiger partial charge in [-0.1, -0.05) is 0 Å². The SMILES string of the molecule is CCOC=O.Fc1cc[nH]c1F. The molecule has 0 unspecified atom stereocenters. The van der Waals surface area contributed by atoms with Crippen molar-refractivity contribution in [2.45, 2.75) is 6.92 Å². The zero-order chi connectivity index (χ0) is 9.40. The summed E-state index contributed by atoms with van der Waals surface area (Å²) in [6.07, 6.45) is 1.20. The van der Waals surface area contributed by atoms with Crippen LogP contribution in [0, 0.1) is 11.8 Å². The Morgan fingerprint density at radius 1 is 1.67 bits per heavy atom. The number of carbonyl (C=O) groups excluding carboxylic acids is 1. The number of aromatic amines is 1. The van der Waals surface area contributed by atoms with Crippen LogP contribution in [0.5, 0.6) is 0 Å². The van der Waals surface area contributed by atoms with Crippen LogP contribution in [0.4, 0.5) is 8.78 Å². The second kappa shape index (κ2) is 6.33. The van der Waals surface area contributed by atoms with E-state index in [4.69, 9.17) is 0 Å². The largest absolute Gasteiger partial charge is 0.468 e. The predicted octanol–water partition coefficient (Wildman–Crippen LogP) is 1.47. The van der Waals surface area contributed by atoms with Crippen molar-refractivity contribution in [2.75, 3.05) is 6.61 Å². The van der Waals surface area contributed by atoms with E-state index in [1.54, 1.807) is 6.92 Å². The number of halogens is 2. The van der Waals surface area contributed by atoms with Gasteiger partial charge in [-0.05, 0) is 13.0 Å². The molecule has 0 radical (unpaired) electrons. The highest BCUT2D eigenvalue weighted by molar-refractivity contribution is 5.36. The van der Waals surface area contributed by atoms with Gasteiger partial charge in [-0.15, -0.1) is 0 Å². The summed E-state index contributed by atoms with van der Waals surface area (Å²) in [6.45, 7) is 2.66. The van der Waals surface area contributed by atoms with Crippen LogP contribution in [0.2, 0.25) is 0 Å². The lowest BCUT2D eigenvalue weighted by atomic mass is 10.6. The average Bonchev–Trinajstić information content (AvgIpc) is 2.39. The Bertz CT molecular complexity index is 208. The van der Waals surface area contributed by atoms with Crippen molar-refractivity contribution in [3.05, 3.63) is 24.0 Å². The molecule has 0 aromatic carbocycles. The number of rotatable bonds is 2. The molecule has 0 aliphatic rings. The smallest absolute Gasteiger partial charge is 0.293 e. The number of hydrogen-bond donors (Lipinski definition) is 1. The number of aromatic nitrogens is 1. The zero-order valence-corrected chi connectivity index (χ0v) is 6.51. The summed E-state index contributed by atoms with van der Waals surface area (Å²) in [5, 5.41) is 0. The van der Waals surface area contributed by atoms with E-state index in [2.05, 4.69) is 4.74 Å². The van der Waals surface area contributed by atoms with E-state index in [9.17, 15) is 13.6 Å². The van der Waals surface area contributed by atoms with Crippen LogP contribution in [-0.4, -0.2) is 18.1 Å². The summed E-state index contributed by atoms with van der Waals surface area (Å²) in [7, 11) is 0. The molecule has 1 heterocycles. The van der Waals surface area contributed by atoms with Gasteiger partial charge in [-0.25, -0.2) is 4.39 Å². The van der Waals surface area contributed by atoms with Crippen molar-refractivity contribution >= 4 is 6.47 Å². The van der Waals surface area contributed by atoms with Crippen LogP contribution in [0.25, 0.3) is 0 Å². The molecule has 1 rings (SSSR count). The van der Waals surface area contributed by atoms with Crippen molar-refractivity contribution in [3.8, 4) is 0 Å². The summed E-state index contributed by atoms with van der Waals surface area (Å²) < 4.78 is 27.5. The lowest BCUT2D eigenvalue weighted by molar-refractivity contribution is -0.128. The second-order valence-electron chi connectivity index (χ2n) is 1.69. The molecule has 0 saturated heterocycles. The van der Waals surface area contributed by atoms with Crippen molar-refractivity contribution in [1.29, 1.82) is 0 Å². The van der Waals surface area contributed by atoms with Gasteiger partial charge in [0.05, 0.1) is 6.61 Å². The highest BCUT2D eigenvalue weighted by Crippen LogP contribution is 1.98. The maximum Gasteiger partial charge on any atom is 0.293 e. The van der Waals surface area contributed by atoms with Gasteiger partial charge < -0.3 is 9.72 Å². The molecule has 1 aromatic heterocycles. The zero-order valence-electron chi connectivity index (χ0n) is 6.51.